The first-order valence-electron chi connectivity index (χ1n) is 5.89. The van der Waals surface area contributed by atoms with Crippen molar-refractivity contribution in [3.8, 4) is 0 Å². The summed E-state index contributed by atoms with van der Waals surface area (Å²) >= 11 is 0. The van der Waals surface area contributed by atoms with E-state index in [1.54, 1.807) is 6.33 Å². The number of rotatable bonds is 2. The number of H-pyrrole nitrogens is 1. The van der Waals surface area contributed by atoms with Gasteiger partial charge in [-0.2, -0.15) is 9.97 Å². The summed E-state index contributed by atoms with van der Waals surface area (Å²) in [6, 6.07) is 0. The third kappa shape index (κ3) is 2.07. The maximum absolute atomic E-state index is 5.67. The minimum absolute atomic E-state index is 0.228. The van der Waals surface area contributed by atoms with E-state index in [4.69, 9.17) is 5.73 Å². The number of aromatic amines is 1. The highest BCUT2D eigenvalue weighted by atomic mass is 15.5. The zero-order chi connectivity index (χ0) is 12.5. The number of nitrogens with one attached hydrogen (secondary N) is 2. The van der Waals surface area contributed by atoms with Crippen molar-refractivity contribution in [2.45, 2.75) is 0 Å². The summed E-state index contributed by atoms with van der Waals surface area (Å²) in [5, 5.41) is 2.13. The van der Waals surface area contributed by atoms with Crippen molar-refractivity contribution < 1.29 is 0 Å². The zero-order valence-electron chi connectivity index (χ0n) is 10.2. The number of aromatic nitrogens is 4. The van der Waals surface area contributed by atoms with Gasteiger partial charge in [0.1, 0.15) is 5.52 Å². The minimum Gasteiger partial charge on any atom is -0.368 e. The van der Waals surface area contributed by atoms with Crippen molar-refractivity contribution in [2.24, 2.45) is 0 Å². The first kappa shape index (κ1) is 11.2. The van der Waals surface area contributed by atoms with Crippen LogP contribution in [-0.4, -0.2) is 63.1 Å². The Hall–Kier alpha value is -1.93. The summed E-state index contributed by atoms with van der Waals surface area (Å²) in [4.78, 5) is 17.7. The standard InChI is InChI=1S/C10H16N8/c1-17-2-4-18(5-3-17)16-9-7-8(13-6-12-7)14-10(11)15-9/h6H,2-5H2,1H3,(H4,11,12,13,14,15,16). The molecule has 0 unspecified atom stereocenters. The molecule has 1 aliphatic rings. The molecule has 0 spiro atoms. The number of imidazole rings is 1. The molecule has 0 aliphatic carbocycles. The van der Waals surface area contributed by atoms with Gasteiger partial charge in [0.15, 0.2) is 11.5 Å². The Morgan fingerprint density at radius 1 is 1.28 bits per heavy atom. The quantitative estimate of drug-likeness (QED) is 0.659. The SMILES string of the molecule is CN1CCN(Nc2nc(N)nc3nc[nH]c23)CC1. The Bertz CT molecular complexity index is 542. The molecule has 1 fully saturated rings. The molecule has 2 aromatic rings. The van der Waals surface area contributed by atoms with E-state index in [-0.39, 0.29) is 5.95 Å². The van der Waals surface area contributed by atoms with E-state index in [0.29, 0.717) is 11.5 Å². The van der Waals surface area contributed by atoms with Crippen molar-refractivity contribution in [1.29, 1.82) is 0 Å². The van der Waals surface area contributed by atoms with Crippen molar-refractivity contribution in [2.75, 3.05) is 44.4 Å². The van der Waals surface area contributed by atoms with Crippen molar-refractivity contribution in [1.82, 2.24) is 29.8 Å². The van der Waals surface area contributed by atoms with Crippen LogP contribution in [0, 0.1) is 0 Å². The molecule has 96 valence electrons. The molecule has 0 bridgehead atoms. The molecular formula is C10H16N8. The van der Waals surface area contributed by atoms with Gasteiger partial charge in [-0.15, -0.1) is 0 Å². The molecule has 0 radical (unpaired) electrons. The van der Waals surface area contributed by atoms with Crippen LogP contribution >= 0.6 is 0 Å². The van der Waals surface area contributed by atoms with Crippen LogP contribution in [0.3, 0.4) is 0 Å². The third-order valence-corrected chi connectivity index (χ3v) is 3.07. The number of likely N-dealkylation sites (N-methyl/N-ethyl adjacent to an activating group) is 1. The maximum atomic E-state index is 5.67. The minimum atomic E-state index is 0.228. The van der Waals surface area contributed by atoms with Crippen LogP contribution < -0.4 is 11.2 Å². The van der Waals surface area contributed by atoms with E-state index < -0.39 is 0 Å². The number of piperazine rings is 1. The molecule has 1 aliphatic heterocycles. The second kappa shape index (κ2) is 4.39. The lowest BCUT2D eigenvalue weighted by atomic mass is 10.4. The number of hydrogen-bond acceptors (Lipinski definition) is 7. The fraction of sp³-hybridized carbons (Fsp3) is 0.500. The highest BCUT2D eigenvalue weighted by Crippen LogP contribution is 2.18. The Balaban J connectivity index is 1.83. The normalized spacial score (nSPS) is 18.3. The van der Waals surface area contributed by atoms with E-state index >= 15 is 0 Å². The Morgan fingerprint density at radius 3 is 2.83 bits per heavy atom. The number of nitrogens with two attached hydrogens (primary N) is 1. The predicted octanol–water partition coefficient (Wildman–Crippen LogP) is -0.491. The van der Waals surface area contributed by atoms with Crippen LogP contribution in [0.1, 0.15) is 0 Å². The third-order valence-electron chi connectivity index (χ3n) is 3.07. The maximum Gasteiger partial charge on any atom is 0.224 e. The van der Waals surface area contributed by atoms with Crippen LogP contribution in [0.15, 0.2) is 6.33 Å². The largest absolute Gasteiger partial charge is 0.368 e. The van der Waals surface area contributed by atoms with Gasteiger partial charge in [0.2, 0.25) is 5.95 Å². The lowest BCUT2D eigenvalue weighted by molar-refractivity contribution is 0.178. The molecule has 4 N–H and O–H groups in total. The number of nitrogens with zero attached hydrogens (tertiary/aromatic N) is 5. The summed E-state index contributed by atoms with van der Waals surface area (Å²) in [5.74, 6) is 0.908. The fourth-order valence-corrected chi connectivity index (χ4v) is 2.00. The predicted molar refractivity (Wildman–Crippen MR) is 68.8 cm³/mol. The van der Waals surface area contributed by atoms with E-state index in [0.717, 1.165) is 31.7 Å². The van der Waals surface area contributed by atoms with Gasteiger partial charge in [0.05, 0.1) is 6.33 Å². The summed E-state index contributed by atoms with van der Waals surface area (Å²) < 4.78 is 0. The Labute approximate surface area is 104 Å². The van der Waals surface area contributed by atoms with E-state index in [1.165, 1.54) is 0 Å². The van der Waals surface area contributed by atoms with Crippen LogP contribution in [0.5, 0.6) is 0 Å². The number of hydrogen-bond donors (Lipinski definition) is 3. The van der Waals surface area contributed by atoms with Gasteiger partial charge in [-0.3, -0.25) is 0 Å². The zero-order valence-corrected chi connectivity index (χ0v) is 10.2. The highest BCUT2D eigenvalue weighted by molar-refractivity contribution is 5.83. The second-order valence-electron chi connectivity index (χ2n) is 4.43. The van der Waals surface area contributed by atoms with E-state index in [2.05, 4.69) is 42.3 Å². The van der Waals surface area contributed by atoms with Gasteiger partial charge in [0.25, 0.3) is 0 Å². The molecule has 18 heavy (non-hydrogen) atoms. The Morgan fingerprint density at radius 2 is 2.06 bits per heavy atom. The van der Waals surface area contributed by atoms with Gasteiger partial charge in [-0.05, 0) is 7.05 Å². The monoisotopic (exact) mass is 248 g/mol. The average molecular weight is 248 g/mol. The summed E-state index contributed by atoms with van der Waals surface area (Å²) in [6.45, 7) is 3.94. The molecule has 0 aromatic carbocycles. The second-order valence-corrected chi connectivity index (χ2v) is 4.43. The van der Waals surface area contributed by atoms with Crippen molar-refractivity contribution in [3.05, 3.63) is 6.33 Å². The molecule has 3 heterocycles. The van der Waals surface area contributed by atoms with Crippen LogP contribution in [0.25, 0.3) is 11.2 Å². The van der Waals surface area contributed by atoms with E-state index in [9.17, 15) is 0 Å². The molecule has 0 saturated carbocycles. The molecule has 3 rings (SSSR count). The Kier molecular flexibility index (Phi) is 2.73. The van der Waals surface area contributed by atoms with Gasteiger partial charge in [0, 0.05) is 26.2 Å². The molecule has 1 saturated heterocycles. The van der Waals surface area contributed by atoms with Gasteiger partial charge >= 0.3 is 0 Å². The summed E-state index contributed by atoms with van der Waals surface area (Å²) in [7, 11) is 2.12. The van der Waals surface area contributed by atoms with E-state index in [1.807, 2.05) is 0 Å². The molecule has 2 aromatic heterocycles. The number of anilines is 2. The van der Waals surface area contributed by atoms with Crippen molar-refractivity contribution in [3.63, 3.8) is 0 Å². The lowest BCUT2D eigenvalue weighted by Gasteiger charge is -2.32. The first-order valence-corrected chi connectivity index (χ1v) is 5.89. The topological polar surface area (TPSA) is 99.0 Å². The van der Waals surface area contributed by atoms with Gasteiger partial charge < -0.3 is 21.0 Å². The summed E-state index contributed by atoms with van der Waals surface area (Å²) in [6.07, 6.45) is 1.59. The summed E-state index contributed by atoms with van der Waals surface area (Å²) in [5.41, 5.74) is 10.3. The van der Waals surface area contributed by atoms with Crippen LogP contribution in [0.4, 0.5) is 11.8 Å². The number of fused-ring (bicyclic) bond motifs is 1. The molecule has 0 amide bonds. The number of hydrazine groups is 1. The van der Waals surface area contributed by atoms with Gasteiger partial charge in [-0.1, -0.05) is 0 Å². The average Bonchev–Trinajstić information content (AvgIpc) is 2.80. The smallest absolute Gasteiger partial charge is 0.224 e. The first-order chi connectivity index (χ1) is 8.72. The molecule has 8 nitrogen and oxygen atoms in total. The van der Waals surface area contributed by atoms with Crippen molar-refractivity contribution >= 4 is 22.9 Å². The fourth-order valence-electron chi connectivity index (χ4n) is 2.00. The molecular weight excluding hydrogens is 232 g/mol. The van der Waals surface area contributed by atoms with Crippen LogP contribution in [-0.2, 0) is 0 Å². The van der Waals surface area contributed by atoms with Gasteiger partial charge in [-0.25, -0.2) is 9.99 Å². The number of nitrogen functional groups attached to an aromatic ring is 1. The lowest BCUT2D eigenvalue weighted by Crippen LogP contribution is -2.47. The molecule has 0 atom stereocenters. The molecule has 8 heteroatoms. The highest BCUT2D eigenvalue weighted by Gasteiger charge is 2.16. The van der Waals surface area contributed by atoms with Crippen LogP contribution in [0.2, 0.25) is 0 Å².